The van der Waals surface area contributed by atoms with Crippen molar-refractivity contribution in [1.29, 1.82) is 0 Å². The van der Waals surface area contributed by atoms with Crippen LogP contribution in [0.2, 0.25) is 0 Å². The van der Waals surface area contributed by atoms with E-state index in [9.17, 15) is 9.59 Å². The summed E-state index contributed by atoms with van der Waals surface area (Å²) < 4.78 is 23.5. The summed E-state index contributed by atoms with van der Waals surface area (Å²) in [4.78, 5) is 26.4. The van der Waals surface area contributed by atoms with Gasteiger partial charge in [-0.3, -0.25) is 9.36 Å². The minimum absolute atomic E-state index is 0.118. The van der Waals surface area contributed by atoms with Gasteiger partial charge in [0, 0.05) is 5.39 Å². The number of nitrogens with zero attached hydrogens (tertiary/aromatic N) is 1. The molecule has 0 radical (unpaired) electrons. The molecule has 1 aliphatic rings. The molecule has 0 spiro atoms. The summed E-state index contributed by atoms with van der Waals surface area (Å²) in [5.41, 5.74) is 1.70. The van der Waals surface area contributed by atoms with E-state index in [1.54, 1.807) is 12.1 Å². The van der Waals surface area contributed by atoms with Crippen LogP contribution in [0.4, 0.5) is 0 Å². The number of aromatic nitrogens is 1. The second kappa shape index (κ2) is 9.34. The number of fused-ring (bicyclic) bond motifs is 2. The third-order valence-corrected chi connectivity index (χ3v) is 5.60. The van der Waals surface area contributed by atoms with E-state index >= 15 is 0 Å². The van der Waals surface area contributed by atoms with Gasteiger partial charge in [-0.25, -0.2) is 4.79 Å². The van der Waals surface area contributed by atoms with Gasteiger partial charge in [-0.2, -0.15) is 0 Å². The summed E-state index contributed by atoms with van der Waals surface area (Å²) >= 11 is 0. The summed E-state index contributed by atoms with van der Waals surface area (Å²) in [5, 5.41) is 1.13. The van der Waals surface area contributed by atoms with Crippen LogP contribution in [0, 0.1) is 0 Å². The number of hydrogen-bond donors (Lipinski definition) is 0. The fourth-order valence-corrected chi connectivity index (χ4v) is 3.82. The smallest absolute Gasteiger partial charge is 0.358 e. The van der Waals surface area contributed by atoms with Crippen molar-refractivity contribution in [2.75, 3.05) is 20.5 Å². The summed E-state index contributed by atoms with van der Waals surface area (Å²) in [5.74, 6) is 1.04. The van der Waals surface area contributed by atoms with Crippen LogP contribution in [-0.2, 0) is 17.7 Å². The van der Waals surface area contributed by atoms with Crippen molar-refractivity contribution in [3.8, 4) is 17.2 Å². The lowest BCUT2D eigenvalue weighted by molar-refractivity contribution is 0.0582. The highest BCUT2D eigenvalue weighted by Gasteiger charge is 2.25. The van der Waals surface area contributed by atoms with E-state index in [0.717, 1.165) is 30.4 Å². The van der Waals surface area contributed by atoms with E-state index in [-0.39, 0.29) is 24.6 Å². The molecule has 0 unspecified atom stereocenters. The van der Waals surface area contributed by atoms with E-state index in [4.69, 9.17) is 18.9 Å². The molecule has 2 heterocycles. The van der Waals surface area contributed by atoms with Crippen molar-refractivity contribution in [3.63, 3.8) is 0 Å². The van der Waals surface area contributed by atoms with Gasteiger partial charge < -0.3 is 18.9 Å². The third-order valence-electron chi connectivity index (χ3n) is 5.60. The molecule has 0 aliphatic carbocycles. The zero-order valence-electron chi connectivity index (χ0n) is 18.6. The largest absolute Gasteiger partial charge is 0.490 e. The Kier molecular flexibility index (Phi) is 6.35. The fourth-order valence-electron chi connectivity index (χ4n) is 3.82. The molecule has 0 saturated carbocycles. The van der Waals surface area contributed by atoms with Crippen LogP contribution in [0.5, 0.6) is 17.2 Å². The number of benzene rings is 2. The molecular formula is C25H27NO6. The highest BCUT2D eigenvalue weighted by atomic mass is 16.7. The second-order valence-corrected chi connectivity index (χ2v) is 7.68. The summed E-state index contributed by atoms with van der Waals surface area (Å²) in [6.45, 7) is 4.88. The van der Waals surface area contributed by atoms with Gasteiger partial charge in [-0.05, 0) is 48.2 Å². The Bertz CT molecular complexity index is 1210. The minimum atomic E-state index is -0.613. The number of hydrogen-bond acceptors (Lipinski definition) is 6. The van der Waals surface area contributed by atoms with Crippen LogP contribution in [0.1, 0.15) is 48.3 Å². The van der Waals surface area contributed by atoms with Gasteiger partial charge in [0.15, 0.2) is 22.9 Å². The van der Waals surface area contributed by atoms with Gasteiger partial charge in [-0.1, -0.05) is 32.4 Å². The third kappa shape index (κ3) is 4.02. The van der Waals surface area contributed by atoms with Crippen LogP contribution in [0.25, 0.3) is 10.8 Å². The molecular weight excluding hydrogens is 410 g/mol. The number of aryl methyl sites for hydroxylation is 1. The zero-order chi connectivity index (χ0) is 22.7. The van der Waals surface area contributed by atoms with Crippen molar-refractivity contribution in [2.45, 2.75) is 39.7 Å². The maximum Gasteiger partial charge on any atom is 0.358 e. The maximum absolute atomic E-state index is 13.5. The Hall–Kier alpha value is -3.48. The second-order valence-electron chi connectivity index (χ2n) is 7.68. The summed E-state index contributed by atoms with van der Waals surface area (Å²) in [6, 6.07) is 11.1. The topological polar surface area (TPSA) is 76.0 Å². The molecule has 0 bridgehead atoms. The monoisotopic (exact) mass is 437 g/mol. The summed E-state index contributed by atoms with van der Waals surface area (Å²) in [6.07, 6.45) is 2.58. The molecule has 0 fully saturated rings. The summed E-state index contributed by atoms with van der Waals surface area (Å²) in [7, 11) is 1.31. The lowest BCUT2D eigenvalue weighted by atomic mass is 10.0. The van der Waals surface area contributed by atoms with E-state index in [1.165, 1.54) is 11.7 Å². The molecule has 0 atom stereocenters. The van der Waals surface area contributed by atoms with Gasteiger partial charge >= 0.3 is 5.97 Å². The van der Waals surface area contributed by atoms with E-state index in [2.05, 4.69) is 6.92 Å². The predicted octanol–water partition coefficient (Wildman–Crippen LogP) is 4.31. The number of ether oxygens (including phenoxy) is 4. The van der Waals surface area contributed by atoms with Crippen LogP contribution in [0.15, 0.2) is 41.2 Å². The Labute approximate surface area is 186 Å². The molecule has 2 aromatic carbocycles. The molecule has 168 valence electrons. The molecule has 0 N–H and O–H groups in total. The molecule has 0 amide bonds. The molecule has 4 rings (SSSR count). The van der Waals surface area contributed by atoms with Crippen molar-refractivity contribution >= 4 is 16.7 Å². The average Bonchev–Trinajstić information content (AvgIpc) is 3.29. The van der Waals surface area contributed by atoms with Crippen LogP contribution >= 0.6 is 0 Å². The Balaban J connectivity index is 1.92. The van der Waals surface area contributed by atoms with Crippen LogP contribution < -0.4 is 19.8 Å². The zero-order valence-corrected chi connectivity index (χ0v) is 18.6. The molecule has 1 aromatic heterocycles. The number of unbranched alkanes of at least 4 members (excludes halogenated alkanes) is 1. The van der Waals surface area contributed by atoms with Crippen molar-refractivity contribution < 1.29 is 23.7 Å². The molecule has 0 saturated heterocycles. The van der Waals surface area contributed by atoms with Crippen molar-refractivity contribution in [2.24, 2.45) is 0 Å². The molecule has 32 heavy (non-hydrogen) atoms. The quantitative estimate of drug-likeness (QED) is 0.386. The number of carbonyl (C=O) groups excluding carboxylic acids is 1. The first-order chi connectivity index (χ1) is 15.6. The van der Waals surface area contributed by atoms with Gasteiger partial charge in [0.2, 0.25) is 6.79 Å². The van der Waals surface area contributed by atoms with Gasteiger partial charge in [-0.15, -0.1) is 0 Å². The minimum Gasteiger partial charge on any atom is -0.490 e. The van der Waals surface area contributed by atoms with Gasteiger partial charge in [0.25, 0.3) is 5.56 Å². The Morgan fingerprint density at radius 2 is 1.81 bits per heavy atom. The average molecular weight is 437 g/mol. The first-order valence-electron chi connectivity index (χ1n) is 10.9. The van der Waals surface area contributed by atoms with E-state index < -0.39 is 5.97 Å². The molecule has 7 nitrogen and oxygen atoms in total. The highest BCUT2D eigenvalue weighted by molar-refractivity contribution is 5.99. The highest BCUT2D eigenvalue weighted by Crippen LogP contribution is 2.34. The van der Waals surface area contributed by atoms with Crippen molar-refractivity contribution in [3.05, 3.63) is 63.6 Å². The van der Waals surface area contributed by atoms with E-state index in [0.29, 0.717) is 34.6 Å². The lowest BCUT2D eigenvalue weighted by Gasteiger charge is -2.19. The SMILES string of the molecule is CCCCOc1c(C(=O)OC)n(Cc2ccc3c(c2)OCO3)c(=O)c2ccc(CC)cc12. The lowest BCUT2D eigenvalue weighted by Crippen LogP contribution is -2.28. The van der Waals surface area contributed by atoms with Crippen LogP contribution in [0.3, 0.4) is 0 Å². The van der Waals surface area contributed by atoms with Gasteiger partial charge in [0.1, 0.15) is 0 Å². The van der Waals surface area contributed by atoms with Crippen LogP contribution in [-0.4, -0.2) is 31.0 Å². The van der Waals surface area contributed by atoms with Crippen molar-refractivity contribution in [1.82, 2.24) is 4.57 Å². The number of methoxy groups -OCH3 is 1. The number of rotatable bonds is 8. The number of esters is 1. The van der Waals surface area contributed by atoms with E-state index in [1.807, 2.05) is 31.2 Å². The Morgan fingerprint density at radius 3 is 2.56 bits per heavy atom. The molecule has 1 aliphatic heterocycles. The predicted molar refractivity (Wildman–Crippen MR) is 121 cm³/mol. The first kappa shape index (κ1) is 21.7. The molecule has 3 aromatic rings. The van der Waals surface area contributed by atoms with Gasteiger partial charge in [0.05, 0.1) is 25.6 Å². The standard InChI is InChI=1S/C25H27NO6/c1-4-6-11-30-23-19-12-16(5-2)7-9-18(19)24(27)26(22(23)25(28)29-3)14-17-8-10-20-21(13-17)32-15-31-20/h7-10,12-13H,4-6,11,14-15H2,1-3H3. The fraction of sp³-hybridized carbons (Fsp3) is 0.360. The Morgan fingerprint density at radius 1 is 1.03 bits per heavy atom. The molecule has 7 heteroatoms. The maximum atomic E-state index is 13.5. The number of carbonyl (C=O) groups is 1. The first-order valence-corrected chi connectivity index (χ1v) is 10.9. The number of pyridine rings is 1. The normalized spacial score (nSPS) is 12.2.